The number of hydrogen-bond acceptors (Lipinski definition) is 3. The number of thiocarbonyl (C=S) groups is 1. The maximum atomic E-state index is 13.1. The van der Waals surface area contributed by atoms with Gasteiger partial charge in [0.25, 0.3) is 5.91 Å². The average molecular weight is 396 g/mol. The van der Waals surface area contributed by atoms with Crippen LogP contribution in [0.2, 0.25) is 0 Å². The van der Waals surface area contributed by atoms with E-state index in [0.717, 1.165) is 11.3 Å². The molecule has 1 atom stereocenters. The predicted octanol–water partition coefficient (Wildman–Crippen LogP) is 4.25. The molecular formula is C22H25N3O2S. The molecule has 6 heteroatoms. The lowest BCUT2D eigenvalue weighted by atomic mass is 9.92. The first-order chi connectivity index (χ1) is 13.4. The van der Waals surface area contributed by atoms with Crippen molar-refractivity contribution in [2.45, 2.75) is 32.7 Å². The highest BCUT2D eigenvalue weighted by Gasteiger charge is 2.30. The van der Waals surface area contributed by atoms with E-state index in [0.29, 0.717) is 28.0 Å². The van der Waals surface area contributed by atoms with Crippen LogP contribution in [0.4, 0.5) is 5.69 Å². The van der Waals surface area contributed by atoms with E-state index < -0.39 is 0 Å². The van der Waals surface area contributed by atoms with E-state index in [9.17, 15) is 4.79 Å². The molecular weight excluding hydrogens is 370 g/mol. The number of carbonyl (C=O) groups is 1. The number of amides is 1. The van der Waals surface area contributed by atoms with Crippen molar-refractivity contribution in [1.29, 1.82) is 0 Å². The van der Waals surface area contributed by atoms with Crippen LogP contribution in [0.15, 0.2) is 59.8 Å². The summed E-state index contributed by atoms with van der Waals surface area (Å²) in [7, 11) is 1.60. The largest absolute Gasteiger partial charge is 0.497 e. The molecule has 1 aliphatic heterocycles. The number of nitrogens with one attached hydrogen (secondary N) is 3. The fourth-order valence-electron chi connectivity index (χ4n) is 3.22. The molecule has 0 fully saturated rings. The summed E-state index contributed by atoms with van der Waals surface area (Å²) < 4.78 is 5.23. The minimum absolute atomic E-state index is 0.189. The Balaban J connectivity index is 1.91. The fourth-order valence-corrected chi connectivity index (χ4v) is 3.49. The number of rotatable bonds is 5. The third kappa shape index (κ3) is 4.34. The third-order valence-corrected chi connectivity index (χ3v) is 5.00. The predicted molar refractivity (Wildman–Crippen MR) is 116 cm³/mol. The second-order valence-corrected chi connectivity index (χ2v) is 7.49. The quantitative estimate of drug-likeness (QED) is 0.661. The zero-order chi connectivity index (χ0) is 20.3. The summed E-state index contributed by atoms with van der Waals surface area (Å²) in [6.07, 6.45) is 0. The number of methoxy groups -OCH3 is 1. The van der Waals surface area contributed by atoms with Gasteiger partial charge in [0.1, 0.15) is 5.75 Å². The Morgan fingerprint density at radius 2 is 1.89 bits per heavy atom. The highest BCUT2D eigenvalue weighted by molar-refractivity contribution is 7.80. The van der Waals surface area contributed by atoms with Crippen LogP contribution in [0.1, 0.15) is 43.9 Å². The zero-order valence-electron chi connectivity index (χ0n) is 16.5. The Labute approximate surface area is 171 Å². The average Bonchev–Trinajstić information content (AvgIpc) is 2.67. The molecule has 1 heterocycles. The second-order valence-electron chi connectivity index (χ2n) is 7.08. The van der Waals surface area contributed by atoms with Crippen molar-refractivity contribution >= 4 is 28.9 Å². The van der Waals surface area contributed by atoms with E-state index in [1.807, 2.05) is 37.3 Å². The maximum absolute atomic E-state index is 13.1. The Hall–Kier alpha value is -2.86. The molecule has 1 unspecified atom stereocenters. The summed E-state index contributed by atoms with van der Waals surface area (Å²) >= 11 is 5.32. The highest BCUT2D eigenvalue weighted by atomic mass is 32.1. The zero-order valence-corrected chi connectivity index (χ0v) is 17.3. The molecule has 0 spiro atoms. The Morgan fingerprint density at radius 1 is 1.18 bits per heavy atom. The van der Waals surface area contributed by atoms with Crippen LogP contribution < -0.4 is 20.7 Å². The van der Waals surface area contributed by atoms with Gasteiger partial charge in [0.15, 0.2) is 5.11 Å². The first-order valence-electron chi connectivity index (χ1n) is 9.22. The van der Waals surface area contributed by atoms with Crippen molar-refractivity contribution in [3.63, 3.8) is 0 Å². The number of hydrogen-bond donors (Lipinski definition) is 3. The van der Waals surface area contributed by atoms with Gasteiger partial charge in [0.2, 0.25) is 0 Å². The Bertz CT molecular complexity index is 920. The van der Waals surface area contributed by atoms with Crippen LogP contribution in [0.5, 0.6) is 5.75 Å². The number of carbonyl (C=O) groups excluding carboxylic acids is 1. The molecule has 0 saturated carbocycles. The minimum atomic E-state index is -0.319. The first-order valence-corrected chi connectivity index (χ1v) is 9.63. The SMILES string of the molecule is COc1cccc(NC(=O)C2=C(C)NC(=S)NC2c2ccc(C(C)C)cc2)c1. The summed E-state index contributed by atoms with van der Waals surface area (Å²) in [4.78, 5) is 13.1. The van der Waals surface area contributed by atoms with Crippen LogP contribution in [0, 0.1) is 0 Å². The second kappa shape index (κ2) is 8.44. The van der Waals surface area contributed by atoms with Gasteiger partial charge in [0, 0.05) is 17.5 Å². The van der Waals surface area contributed by atoms with E-state index in [1.165, 1.54) is 5.56 Å². The van der Waals surface area contributed by atoms with E-state index in [2.05, 4.69) is 41.9 Å². The Morgan fingerprint density at radius 3 is 2.54 bits per heavy atom. The number of ether oxygens (including phenoxy) is 1. The third-order valence-electron chi connectivity index (χ3n) is 4.78. The van der Waals surface area contributed by atoms with Crippen LogP contribution >= 0.6 is 12.2 Å². The summed E-state index contributed by atoms with van der Waals surface area (Å²) in [5, 5.41) is 9.76. The van der Waals surface area contributed by atoms with Gasteiger partial charge in [-0.3, -0.25) is 4.79 Å². The molecule has 0 bridgehead atoms. The van der Waals surface area contributed by atoms with Crippen molar-refractivity contribution < 1.29 is 9.53 Å². The Kier molecular flexibility index (Phi) is 5.99. The lowest BCUT2D eigenvalue weighted by molar-refractivity contribution is -0.113. The maximum Gasteiger partial charge on any atom is 0.255 e. The summed E-state index contributed by atoms with van der Waals surface area (Å²) in [6, 6.07) is 15.3. The molecule has 146 valence electrons. The highest BCUT2D eigenvalue weighted by Crippen LogP contribution is 2.29. The molecule has 3 N–H and O–H groups in total. The molecule has 2 aromatic rings. The van der Waals surface area contributed by atoms with Gasteiger partial charge in [-0.15, -0.1) is 0 Å². The van der Waals surface area contributed by atoms with Crippen LogP contribution in [0.3, 0.4) is 0 Å². The van der Waals surface area contributed by atoms with E-state index >= 15 is 0 Å². The molecule has 0 aromatic heterocycles. The van der Waals surface area contributed by atoms with Gasteiger partial charge < -0.3 is 20.7 Å². The van der Waals surface area contributed by atoms with E-state index in [1.54, 1.807) is 13.2 Å². The monoisotopic (exact) mass is 395 g/mol. The van der Waals surface area contributed by atoms with Crippen molar-refractivity contribution in [1.82, 2.24) is 10.6 Å². The lowest BCUT2D eigenvalue weighted by Gasteiger charge is -2.30. The lowest BCUT2D eigenvalue weighted by Crippen LogP contribution is -2.45. The van der Waals surface area contributed by atoms with Crippen LogP contribution in [0.25, 0.3) is 0 Å². The smallest absolute Gasteiger partial charge is 0.255 e. The number of benzene rings is 2. The molecule has 1 amide bonds. The van der Waals surface area contributed by atoms with Crippen molar-refractivity contribution in [2.75, 3.05) is 12.4 Å². The van der Waals surface area contributed by atoms with Gasteiger partial charge in [-0.25, -0.2) is 0 Å². The molecule has 2 aromatic carbocycles. The number of allylic oxidation sites excluding steroid dienone is 1. The van der Waals surface area contributed by atoms with E-state index in [-0.39, 0.29) is 11.9 Å². The molecule has 1 aliphatic rings. The molecule has 3 rings (SSSR count). The standard InChI is InChI=1S/C22H25N3O2S/c1-13(2)15-8-10-16(11-9-15)20-19(14(3)23-22(28)25-20)21(26)24-17-6-5-7-18(12-17)27-4/h5-13,20H,1-4H3,(H,24,26)(H2,23,25,28). The fraction of sp³-hybridized carbons (Fsp3) is 0.273. The summed E-state index contributed by atoms with van der Waals surface area (Å²) in [5.41, 5.74) is 4.26. The van der Waals surface area contributed by atoms with Gasteiger partial charge in [-0.1, -0.05) is 44.2 Å². The van der Waals surface area contributed by atoms with Crippen molar-refractivity contribution in [3.05, 3.63) is 70.9 Å². The van der Waals surface area contributed by atoms with Crippen LogP contribution in [-0.2, 0) is 4.79 Å². The minimum Gasteiger partial charge on any atom is -0.497 e. The topological polar surface area (TPSA) is 62.4 Å². The van der Waals surface area contributed by atoms with Gasteiger partial charge in [0.05, 0.1) is 18.7 Å². The van der Waals surface area contributed by atoms with Gasteiger partial charge in [-0.05, 0) is 48.3 Å². The molecule has 0 radical (unpaired) electrons. The summed E-state index contributed by atoms with van der Waals surface area (Å²) in [5.74, 6) is 0.945. The molecule has 0 aliphatic carbocycles. The van der Waals surface area contributed by atoms with Crippen LogP contribution in [-0.4, -0.2) is 18.1 Å². The van der Waals surface area contributed by atoms with Crippen molar-refractivity contribution in [3.8, 4) is 5.75 Å². The molecule has 5 nitrogen and oxygen atoms in total. The normalized spacial score (nSPS) is 16.5. The molecule has 0 saturated heterocycles. The van der Waals surface area contributed by atoms with Gasteiger partial charge >= 0.3 is 0 Å². The van der Waals surface area contributed by atoms with E-state index in [4.69, 9.17) is 17.0 Å². The van der Waals surface area contributed by atoms with Crippen molar-refractivity contribution in [2.24, 2.45) is 0 Å². The molecule has 28 heavy (non-hydrogen) atoms. The number of anilines is 1. The first kappa shape index (κ1) is 19.9. The summed E-state index contributed by atoms with van der Waals surface area (Å²) in [6.45, 7) is 6.18. The van der Waals surface area contributed by atoms with Gasteiger partial charge in [-0.2, -0.15) is 0 Å².